The summed E-state index contributed by atoms with van der Waals surface area (Å²) in [6.07, 6.45) is 4.61. The number of carbonyl (C=O) groups is 2. The van der Waals surface area contributed by atoms with E-state index >= 15 is 0 Å². The second kappa shape index (κ2) is 7.82. The molecule has 1 aromatic heterocycles. The van der Waals surface area contributed by atoms with E-state index in [1.807, 2.05) is 43.1 Å². The first-order chi connectivity index (χ1) is 14.0. The molecule has 9 nitrogen and oxygen atoms in total. The molecule has 2 fully saturated rings. The van der Waals surface area contributed by atoms with Gasteiger partial charge in [-0.3, -0.25) is 4.79 Å². The summed E-state index contributed by atoms with van der Waals surface area (Å²) in [5.74, 6) is 0.0134. The molecule has 0 saturated carbocycles. The van der Waals surface area contributed by atoms with Crippen LogP contribution in [-0.2, 0) is 9.53 Å². The van der Waals surface area contributed by atoms with Crippen LogP contribution in [-0.4, -0.2) is 75.4 Å². The molecule has 4 rings (SSSR count). The topological polar surface area (TPSA) is 92.6 Å². The zero-order chi connectivity index (χ0) is 20.4. The van der Waals surface area contributed by atoms with Crippen LogP contribution < -0.4 is 5.32 Å². The van der Waals surface area contributed by atoms with Crippen LogP contribution in [0.15, 0.2) is 36.9 Å². The van der Waals surface area contributed by atoms with Gasteiger partial charge < -0.3 is 19.9 Å². The van der Waals surface area contributed by atoms with Gasteiger partial charge >= 0.3 is 6.03 Å². The van der Waals surface area contributed by atoms with Crippen LogP contribution in [0.1, 0.15) is 31.4 Å². The van der Waals surface area contributed by atoms with E-state index in [2.05, 4.69) is 15.4 Å². The Labute approximate surface area is 169 Å². The van der Waals surface area contributed by atoms with Crippen LogP contribution in [0.25, 0.3) is 5.69 Å². The van der Waals surface area contributed by atoms with Gasteiger partial charge in [0.25, 0.3) is 0 Å². The van der Waals surface area contributed by atoms with Crippen LogP contribution in [0.5, 0.6) is 0 Å². The van der Waals surface area contributed by atoms with Gasteiger partial charge in [-0.1, -0.05) is 12.1 Å². The number of carbonyl (C=O) groups excluding carboxylic acids is 2. The van der Waals surface area contributed by atoms with Gasteiger partial charge in [0.1, 0.15) is 19.3 Å². The summed E-state index contributed by atoms with van der Waals surface area (Å²) in [4.78, 5) is 31.9. The van der Waals surface area contributed by atoms with Crippen molar-refractivity contribution >= 4 is 11.9 Å². The van der Waals surface area contributed by atoms with Gasteiger partial charge in [0.15, 0.2) is 0 Å². The number of amides is 3. The van der Waals surface area contributed by atoms with Gasteiger partial charge in [-0.05, 0) is 37.5 Å². The summed E-state index contributed by atoms with van der Waals surface area (Å²) >= 11 is 0. The smallest absolute Gasteiger partial charge is 0.317 e. The van der Waals surface area contributed by atoms with E-state index in [0.717, 1.165) is 24.1 Å². The molecule has 0 bridgehead atoms. The summed E-state index contributed by atoms with van der Waals surface area (Å²) in [7, 11) is 1.81. The molecule has 154 valence electrons. The van der Waals surface area contributed by atoms with E-state index in [1.165, 1.54) is 6.33 Å². The van der Waals surface area contributed by atoms with Crippen molar-refractivity contribution in [3.8, 4) is 5.69 Å². The molecule has 2 aliphatic rings. The lowest BCUT2D eigenvalue weighted by Crippen LogP contribution is -2.59. The zero-order valence-corrected chi connectivity index (χ0v) is 16.7. The number of piperidine rings is 1. The first-order valence-corrected chi connectivity index (χ1v) is 9.84. The lowest BCUT2D eigenvalue weighted by atomic mass is 9.89. The minimum absolute atomic E-state index is 0.0134. The van der Waals surface area contributed by atoms with Crippen molar-refractivity contribution in [2.45, 2.75) is 31.4 Å². The van der Waals surface area contributed by atoms with Crippen molar-refractivity contribution in [2.75, 3.05) is 33.3 Å². The molecular weight excluding hydrogens is 372 g/mol. The maximum atomic E-state index is 12.7. The molecule has 1 atom stereocenters. The number of likely N-dealkylation sites (N-methyl/N-ethyl adjacent to an activating group) is 1. The van der Waals surface area contributed by atoms with E-state index in [-0.39, 0.29) is 30.2 Å². The molecule has 2 aliphatic heterocycles. The molecule has 3 heterocycles. The number of likely N-dealkylation sites (tertiary alicyclic amines) is 1. The van der Waals surface area contributed by atoms with Crippen molar-refractivity contribution < 1.29 is 14.3 Å². The van der Waals surface area contributed by atoms with Crippen LogP contribution in [0.3, 0.4) is 0 Å². The molecule has 0 unspecified atom stereocenters. The average molecular weight is 398 g/mol. The maximum Gasteiger partial charge on any atom is 0.317 e. The molecule has 1 spiro atoms. The summed E-state index contributed by atoms with van der Waals surface area (Å²) < 4.78 is 7.54. The minimum Gasteiger partial charge on any atom is -0.363 e. The third-order valence-corrected chi connectivity index (χ3v) is 5.83. The van der Waals surface area contributed by atoms with Gasteiger partial charge in [-0.15, -0.1) is 0 Å². The van der Waals surface area contributed by atoms with Crippen molar-refractivity contribution in [3.05, 3.63) is 42.5 Å². The second-order valence-electron chi connectivity index (χ2n) is 7.81. The van der Waals surface area contributed by atoms with Gasteiger partial charge in [0, 0.05) is 26.7 Å². The Kier molecular flexibility index (Phi) is 5.23. The normalized spacial score (nSPS) is 20.0. The van der Waals surface area contributed by atoms with Crippen molar-refractivity contribution in [3.63, 3.8) is 0 Å². The van der Waals surface area contributed by atoms with Crippen molar-refractivity contribution in [2.24, 2.45) is 0 Å². The van der Waals surface area contributed by atoms with E-state index in [9.17, 15) is 9.59 Å². The third kappa shape index (κ3) is 4.09. The highest BCUT2D eigenvalue weighted by Gasteiger charge is 2.42. The molecule has 2 aromatic rings. The lowest BCUT2D eigenvalue weighted by molar-refractivity contribution is -0.167. The zero-order valence-electron chi connectivity index (χ0n) is 16.7. The van der Waals surface area contributed by atoms with Crippen molar-refractivity contribution in [1.82, 2.24) is 29.9 Å². The summed E-state index contributed by atoms with van der Waals surface area (Å²) in [5.41, 5.74) is 1.62. The number of nitrogens with one attached hydrogen (secondary N) is 1. The van der Waals surface area contributed by atoms with Crippen molar-refractivity contribution in [1.29, 1.82) is 0 Å². The summed E-state index contributed by atoms with van der Waals surface area (Å²) in [6.45, 7) is 3.93. The molecule has 2 saturated heterocycles. The molecule has 0 radical (unpaired) electrons. The number of rotatable bonds is 3. The predicted molar refractivity (Wildman–Crippen MR) is 105 cm³/mol. The van der Waals surface area contributed by atoms with Gasteiger partial charge in [-0.25, -0.2) is 14.5 Å². The van der Waals surface area contributed by atoms with E-state index in [1.54, 1.807) is 15.9 Å². The van der Waals surface area contributed by atoms with E-state index in [4.69, 9.17) is 4.74 Å². The highest BCUT2D eigenvalue weighted by atomic mass is 16.5. The predicted octanol–water partition coefficient (Wildman–Crippen LogP) is 1.36. The largest absolute Gasteiger partial charge is 0.363 e. The average Bonchev–Trinajstić information content (AvgIpc) is 3.27. The number of aromatic nitrogens is 3. The Morgan fingerprint density at radius 1 is 1.24 bits per heavy atom. The molecular formula is C20H26N6O3. The number of benzene rings is 1. The highest BCUT2D eigenvalue weighted by Crippen LogP contribution is 2.30. The summed E-state index contributed by atoms with van der Waals surface area (Å²) in [5, 5.41) is 7.19. The fourth-order valence-corrected chi connectivity index (χ4v) is 3.93. The SMILES string of the molecule is C[C@H](NC(=O)N1CCC2(CC1)CN(C)C(=O)CO2)c1ccc(-n2cncn2)cc1. The number of ether oxygens (including phenoxy) is 1. The lowest BCUT2D eigenvalue weighted by Gasteiger charge is -2.46. The monoisotopic (exact) mass is 398 g/mol. The van der Waals surface area contributed by atoms with Crippen LogP contribution in [0.4, 0.5) is 4.79 Å². The Morgan fingerprint density at radius 3 is 2.59 bits per heavy atom. The van der Waals surface area contributed by atoms with Gasteiger partial charge in [0.2, 0.25) is 5.91 Å². The summed E-state index contributed by atoms with van der Waals surface area (Å²) in [6, 6.07) is 7.68. The quantitative estimate of drug-likeness (QED) is 0.843. The van der Waals surface area contributed by atoms with Crippen LogP contribution in [0.2, 0.25) is 0 Å². The molecule has 0 aliphatic carbocycles. The number of nitrogens with zero attached hydrogens (tertiary/aromatic N) is 5. The Morgan fingerprint density at radius 2 is 1.97 bits per heavy atom. The van der Waals surface area contributed by atoms with E-state index in [0.29, 0.717) is 19.6 Å². The first kappa shape index (κ1) is 19.4. The number of urea groups is 1. The maximum absolute atomic E-state index is 12.7. The van der Waals surface area contributed by atoms with Crippen LogP contribution >= 0.6 is 0 Å². The van der Waals surface area contributed by atoms with Gasteiger partial charge in [-0.2, -0.15) is 5.10 Å². The molecule has 1 aromatic carbocycles. The van der Waals surface area contributed by atoms with E-state index < -0.39 is 0 Å². The minimum atomic E-state index is -0.317. The standard InChI is InChI=1S/C20H26N6O3/c1-15(16-3-5-17(6-4-16)26-14-21-13-22-26)23-19(28)25-9-7-20(8-10-25)12-24(2)18(27)11-29-20/h3-6,13-15H,7-12H2,1-2H3,(H,23,28)/t15-/m0/s1. The number of hydrogen-bond donors (Lipinski definition) is 1. The fraction of sp³-hybridized carbons (Fsp3) is 0.500. The van der Waals surface area contributed by atoms with Crippen LogP contribution in [0, 0.1) is 0 Å². The van der Waals surface area contributed by atoms with Gasteiger partial charge in [0.05, 0.1) is 17.3 Å². The Hall–Kier alpha value is -2.94. The molecule has 29 heavy (non-hydrogen) atoms. The Bertz CT molecular complexity index is 859. The first-order valence-electron chi connectivity index (χ1n) is 9.84. The third-order valence-electron chi connectivity index (χ3n) is 5.83. The molecule has 9 heteroatoms. The number of morpholine rings is 1. The molecule has 3 amide bonds. The molecule has 1 N–H and O–H groups in total. The number of hydrogen-bond acceptors (Lipinski definition) is 5. The highest BCUT2D eigenvalue weighted by molar-refractivity contribution is 5.78. The second-order valence-corrected chi connectivity index (χ2v) is 7.81. The Balaban J connectivity index is 1.31. The fourth-order valence-electron chi connectivity index (χ4n) is 3.93.